The topological polar surface area (TPSA) is 85.5 Å². The van der Waals surface area contributed by atoms with Gasteiger partial charge in [0.15, 0.2) is 0 Å². The molecule has 0 fully saturated rings. The molecule has 26 heavy (non-hydrogen) atoms. The van der Waals surface area contributed by atoms with Crippen molar-refractivity contribution in [3.63, 3.8) is 0 Å². The number of fused-ring (bicyclic) bond motifs is 1. The van der Waals surface area contributed by atoms with Crippen molar-refractivity contribution >= 4 is 5.90 Å². The normalized spacial score (nSPS) is 18.7. The van der Waals surface area contributed by atoms with E-state index in [4.69, 9.17) is 10.1 Å². The molecular formula is C21H18N4O. The SMILES string of the molecule is Cc1ccc(-c2[nH]nc3c2C(c2ccccc2C)C(C#N)C(=N)O3)cc1. The lowest BCUT2D eigenvalue weighted by atomic mass is 9.77. The Morgan fingerprint density at radius 2 is 1.85 bits per heavy atom. The summed E-state index contributed by atoms with van der Waals surface area (Å²) < 4.78 is 5.57. The van der Waals surface area contributed by atoms with Gasteiger partial charge in [0.25, 0.3) is 0 Å². The maximum absolute atomic E-state index is 9.74. The molecule has 2 unspecified atom stereocenters. The number of hydrogen-bond acceptors (Lipinski definition) is 4. The van der Waals surface area contributed by atoms with Crippen LogP contribution in [0.5, 0.6) is 5.88 Å². The summed E-state index contributed by atoms with van der Waals surface area (Å²) in [7, 11) is 0. The van der Waals surface area contributed by atoms with Gasteiger partial charge in [-0.25, -0.2) is 0 Å². The lowest BCUT2D eigenvalue weighted by Gasteiger charge is -2.29. The van der Waals surface area contributed by atoms with Crippen LogP contribution in [0.25, 0.3) is 11.3 Å². The number of nitrogens with zero attached hydrogens (tertiary/aromatic N) is 2. The molecule has 4 rings (SSSR count). The zero-order valence-electron chi connectivity index (χ0n) is 14.6. The molecule has 0 aliphatic carbocycles. The Balaban J connectivity index is 1.96. The van der Waals surface area contributed by atoms with Gasteiger partial charge in [0, 0.05) is 5.92 Å². The lowest BCUT2D eigenvalue weighted by molar-refractivity contribution is 0.437. The van der Waals surface area contributed by atoms with E-state index in [-0.39, 0.29) is 11.8 Å². The number of aromatic nitrogens is 2. The maximum Gasteiger partial charge on any atom is 0.244 e. The van der Waals surface area contributed by atoms with E-state index >= 15 is 0 Å². The smallest absolute Gasteiger partial charge is 0.244 e. The van der Waals surface area contributed by atoms with Gasteiger partial charge in [0.05, 0.1) is 17.3 Å². The summed E-state index contributed by atoms with van der Waals surface area (Å²) >= 11 is 0. The largest absolute Gasteiger partial charge is 0.422 e. The van der Waals surface area contributed by atoms with E-state index in [0.29, 0.717) is 5.88 Å². The fraction of sp³-hybridized carbons (Fsp3) is 0.190. The summed E-state index contributed by atoms with van der Waals surface area (Å²) in [5.74, 6) is -0.668. The Morgan fingerprint density at radius 3 is 2.54 bits per heavy atom. The molecule has 0 spiro atoms. The summed E-state index contributed by atoms with van der Waals surface area (Å²) in [6, 6.07) is 18.4. The van der Waals surface area contributed by atoms with Gasteiger partial charge in [-0.1, -0.05) is 54.1 Å². The minimum atomic E-state index is -0.689. The highest BCUT2D eigenvalue weighted by Gasteiger charge is 2.41. The number of aryl methyl sites for hydroxylation is 2. The van der Waals surface area contributed by atoms with Crippen LogP contribution < -0.4 is 4.74 Å². The molecule has 0 radical (unpaired) electrons. The van der Waals surface area contributed by atoms with E-state index < -0.39 is 5.92 Å². The molecule has 2 atom stereocenters. The number of benzene rings is 2. The molecule has 0 saturated heterocycles. The van der Waals surface area contributed by atoms with Crippen LogP contribution in [0, 0.1) is 36.5 Å². The molecule has 2 N–H and O–H groups in total. The Labute approximate surface area is 151 Å². The highest BCUT2D eigenvalue weighted by Crippen LogP contribution is 2.46. The fourth-order valence-electron chi connectivity index (χ4n) is 3.53. The van der Waals surface area contributed by atoms with Gasteiger partial charge >= 0.3 is 0 Å². The van der Waals surface area contributed by atoms with Crippen LogP contribution in [0.3, 0.4) is 0 Å². The summed E-state index contributed by atoms with van der Waals surface area (Å²) in [6.45, 7) is 4.06. The van der Waals surface area contributed by atoms with Gasteiger partial charge < -0.3 is 4.74 Å². The Morgan fingerprint density at radius 1 is 1.12 bits per heavy atom. The number of hydrogen-bond donors (Lipinski definition) is 2. The van der Waals surface area contributed by atoms with Crippen LogP contribution in [0.15, 0.2) is 48.5 Å². The molecule has 0 saturated carbocycles. The number of nitriles is 1. The molecule has 3 aromatic rings. The third kappa shape index (κ3) is 2.47. The molecule has 128 valence electrons. The van der Waals surface area contributed by atoms with Gasteiger partial charge in [-0.15, -0.1) is 5.10 Å². The number of nitrogens with one attached hydrogen (secondary N) is 2. The summed E-state index contributed by atoms with van der Waals surface area (Å²) in [6.07, 6.45) is 0. The molecule has 2 aromatic carbocycles. The molecular weight excluding hydrogens is 324 g/mol. The van der Waals surface area contributed by atoms with Crippen LogP contribution in [-0.4, -0.2) is 16.1 Å². The van der Waals surface area contributed by atoms with Gasteiger partial charge in [-0.05, 0) is 30.5 Å². The van der Waals surface area contributed by atoms with Crippen LogP contribution >= 0.6 is 0 Å². The highest BCUT2D eigenvalue weighted by atomic mass is 16.5. The van der Waals surface area contributed by atoms with Crippen molar-refractivity contribution in [1.82, 2.24) is 10.2 Å². The second-order valence-corrected chi connectivity index (χ2v) is 6.59. The van der Waals surface area contributed by atoms with E-state index in [0.717, 1.165) is 27.9 Å². The highest BCUT2D eigenvalue weighted by molar-refractivity contribution is 5.86. The van der Waals surface area contributed by atoms with E-state index in [2.05, 4.69) is 16.3 Å². The first-order chi connectivity index (χ1) is 12.6. The Hall–Kier alpha value is -3.39. The third-order valence-corrected chi connectivity index (χ3v) is 4.91. The molecule has 0 bridgehead atoms. The van der Waals surface area contributed by atoms with Crippen molar-refractivity contribution in [2.24, 2.45) is 5.92 Å². The molecule has 2 heterocycles. The first-order valence-corrected chi connectivity index (χ1v) is 8.47. The number of aromatic amines is 1. The lowest BCUT2D eigenvalue weighted by Crippen LogP contribution is -2.31. The van der Waals surface area contributed by atoms with Crippen molar-refractivity contribution in [3.8, 4) is 23.2 Å². The zero-order valence-corrected chi connectivity index (χ0v) is 14.6. The molecule has 0 amide bonds. The van der Waals surface area contributed by atoms with E-state index in [1.165, 1.54) is 5.56 Å². The first-order valence-electron chi connectivity index (χ1n) is 8.47. The van der Waals surface area contributed by atoms with E-state index in [1.54, 1.807) is 0 Å². The van der Waals surface area contributed by atoms with Gasteiger partial charge in [-0.2, -0.15) is 5.26 Å². The molecule has 1 aliphatic rings. The predicted octanol–water partition coefficient (Wildman–Crippen LogP) is 4.33. The molecule has 1 aromatic heterocycles. The summed E-state index contributed by atoms with van der Waals surface area (Å²) in [5.41, 5.74) is 5.92. The van der Waals surface area contributed by atoms with E-state index in [1.807, 2.05) is 62.4 Å². The number of rotatable bonds is 2. The van der Waals surface area contributed by atoms with Crippen molar-refractivity contribution in [2.45, 2.75) is 19.8 Å². The van der Waals surface area contributed by atoms with E-state index in [9.17, 15) is 5.26 Å². The fourth-order valence-corrected chi connectivity index (χ4v) is 3.53. The minimum Gasteiger partial charge on any atom is -0.422 e. The van der Waals surface area contributed by atoms with Gasteiger partial charge in [0.2, 0.25) is 11.8 Å². The van der Waals surface area contributed by atoms with Crippen molar-refractivity contribution < 1.29 is 4.74 Å². The number of H-pyrrole nitrogens is 1. The predicted molar refractivity (Wildman–Crippen MR) is 99.2 cm³/mol. The zero-order chi connectivity index (χ0) is 18.3. The van der Waals surface area contributed by atoms with Crippen molar-refractivity contribution in [2.75, 3.05) is 0 Å². The van der Waals surface area contributed by atoms with Crippen LogP contribution in [-0.2, 0) is 0 Å². The second kappa shape index (κ2) is 6.16. The maximum atomic E-state index is 9.74. The van der Waals surface area contributed by atoms with Crippen LogP contribution in [0.4, 0.5) is 0 Å². The average molecular weight is 342 g/mol. The molecule has 5 heteroatoms. The second-order valence-electron chi connectivity index (χ2n) is 6.59. The quantitative estimate of drug-likeness (QED) is 0.726. The first kappa shape index (κ1) is 16.1. The standard InChI is InChI=1S/C21H18N4O/c1-12-7-9-14(10-8-12)19-18-17(15-6-4-3-5-13(15)2)16(11-22)20(23)26-21(18)25-24-19/h3-10,16-17,23H,1-2H3,(H,24,25). The Kier molecular flexibility index (Phi) is 3.81. The monoisotopic (exact) mass is 342 g/mol. The summed E-state index contributed by atoms with van der Waals surface area (Å²) in [5, 5.41) is 25.3. The molecule has 1 aliphatic heterocycles. The molecule has 5 nitrogen and oxygen atoms in total. The summed E-state index contributed by atoms with van der Waals surface area (Å²) in [4.78, 5) is 0. The van der Waals surface area contributed by atoms with Crippen molar-refractivity contribution in [1.29, 1.82) is 10.7 Å². The minimum absolute atomic E-state index is 0.0600. The van der Waals surface area contributed by atoms with Crippen molar-refractivity contribution in [3.05, 3.63) is 70.8 Å². The Bertz CT molecular complexity index is 1030. The van der Waals surface area contributed by atoms with Crippen LogP contribution in [0.2, 0.25) is 0 Å². The van der Waals surface area contributed by atoms with Gasteiger partial charge in [0.1, 0.15) is 5.92 Å². The number of ether oxygens (including phenoxy) is 1. The van der Waals surface area contributed by atoms with Crippen LogP contribution in [0.1, 0.15) is 28.2 Å². The average Bonchev–Trinajstić information content (AvgIpc) is 3.05. The third-order valence-electron chi connectivity index (χ3n) is 4.91. The van der Waals surface area contributed by atoms with Gasteiger partial charge in [-0.3, -0.25) is 10.5 Å².